The molecule has 21 nitrogen and oxygen atoms in total. The molecule has 8 atom stereocenters. The molecule has 0 aliphatic heterocycles. The Bertz CT molecular complexity index is 5060. The Labute approximate surface area is 836 Å². The Hall–Kier alpha value is -13.5. The number of carbonyl (C=O) groups is 4. The lowest BCUT2D eigenvalue weighted by atomic mass is 10.1. The molecule has 776 valence electrons. The van der Waals surface area contributed by atoms with Crippen molar-refractivity contribution in [3.05, 3.63) is 382 Å². The SMILES string of the molecule is CC(=O)c1ccc(OCC(O)CN(C)CCC(Oc2ccc(C(F)(F)F)cc2)c2ccccc2)cc1.CC(=O)c1ccc(OCC(O)CN(C)CCC(Oc2ccc(C(F)(F)F)cc2)c2ccccc2)cc1.CC(=O)c1ccc(OCC(O)CN(C)CCC(Oc2ccc(C(F)(F)F)cc2)c2ccccc2)cc1.CC(=O)c1ccc(OCC(O)CN(C)CCC(Oc2ccc(C(F)(F)F)cc2)c2ccccc2)cc1.O. The predicted molar refractivity (Wildman–Crippen MR) is 529 cm³/mol. The van der Waals surface area contributed by atoms with Gasteiger partial charge in [0.25, 0.3) is 0 Å². The van der Waals surface area contributed by atoms with Crippen LogP contribution in [0.15, 0.2) is 315 Å². The second-order valence-electron chi connectivity index (χ2n) is 34.5. The second-order valence-corrected chi connectivity index (χ2v) is 34.5. The minimum Gasteiger partial charge on any atom is -0.491 e. The number of ether oxygens (including phenoxy) is 8. The van der Waals surface area contributed by atoms with E-state index in [9.17, 15) is 92.3 Å². The van der Waals surface area contributed by atoms with Crippen molar-refractivity contribution in [2.24, 2.45) is 0 Å². The van der Waals surface area contributed by atoms with Crippen LogP contribution >= 0.6 is 0 Å². The van der Waals surface area contributed by atoms with Crippen molar-refractivity contribution < 1.29 is 136 Å². The maximum atomic E-state index is 12.9. The number of likely N-dealkylation sites (N-methyl/N-ethyl adjacent to an activating group) is 4. The maximum absolute atomic E-state index is 12.9. The summed E-state index contributed by atoms with van der Waals surface area (Å²) in [5.74, 6) is 3.55. The van der Waals surface area contributed by atoms with Gasteiger partial charge in [-0.3, -0.25) is 19.2 Å². The molecule has 6 N–H and O–H groups in total. The number of Topliss-reactive ketones (excluding diaryl/α,β-unsaturated/α-hetero) is 4. The Morgan fingerprint density at radius 2 is 0.393 bits per heavy atom. The molecule has 12 aromatic carbocycles. The Balaban J connectivity index is 0.000000236. The van der Waals surface area contributed by atoms with Gasteiger partial charge < -0.3 is 83.4 Å². The van der Waals surface area contributed by atoms with Crippen LogP contribution in [0.4, 0.5) is 52.7 Å². The first-order valence-electron chi connectivity index (χ1n) is 46.4. The van der Waals surface area contributed by atoms with Gasteiger partial charge in [0.1, 0.15) is 121 Å². The smallest absolute Gasteiger partial charge is 0.416 e. The monoisotopic (exact) mass is 2020 g/mol. The fourth-order valence-electron chi connectivity index (χ4n) is 14.7. The lowest BCUT2D eigenvalue weighted by Crippen LogP contribution is -2.34. The number of carbonyl (C=O) groups excluding carboxylic acids is 4. The van der Waals surface area contributed by atoms with Crippen molar-refractivity contribution in [1.82, 2.24) is 19.6 Å². The first kappa shape index (κ1) is 117. The van der Waals surface area contributed by atoms with Gasteiger partial charge in [0.05, 0.1) is 22.3 Å². The van der Waals surface area contributed by atoms with Gasteiger partial charge in [-0.15, -0.1) is 0 Å². The van der Waals surface area contributed by atoms with Crippen molar-refractivity contribution in [3.63, 3.8) is 0 Å². The molecule has 0 saturated heterocycles. The van der Waals surface area contributed by atoms with E-state index in [0.29, 0.717) is 146 Å². The van der Waals surface area contributed by atoms with Crippen LogP contribution in [-0.2, 0) is 24.7 Å². The normalized spacial score (nSPS) is 13.2. The standard InChI is InChI=1S/4C28H30F3NO4.H2O/c4*1-20(33)21-8-12-25(13-9-21)35-19-24(34)18-32(2)17-16-27(22-6-4-3-5-7-22)36-26-14-10-23(11-15-26)28(29,30)31;/h4*3-15,24,27,34H,16-19H2,1-2H3;1H2. The van der Waals surface area contributed by atoms with Crippen LogP contribution in [0.25, 0.3) is 0 Å². The number of alkyl halides is 12. The maximum Gasteiger partial charge on any atom is 0.416 e. The molecule has 0 saturated carbocycles. The van der Waals surface area contributed by atoms with Gasteiger partial charge in [0.15, 0.2) is 23.1 Å². The molecule has 12 rings (SSSR count). The summed E-state index contributed by atoms with van der Waals surface area (Å²) in [6.07, 6.45) is -19.8. The van der Waals surface area contributed by atoms with Crippen LogP contribution in [0.1, 0.15) is 164 Å². The molecule has 0 spiro atoms. The average Bonchev–Trinajstić information content (AvgIpc) is 0.846. The largest absolute Gasteiger partial charge is 0.491 e. The molecule has 0 fully saturated rings. The van der Waals surface area contributed by atoms with E-state index < -0.39 is 71.4 Å². The fraction of sp³-hybridized carbons (Fsp3) is 0.321. The number of rotatable bonds is 48. The zero-order chi connectivity index (χ0) is 105. The third-order valence-electron chi connectivity index (χ3n) is 22.5. The minimum absolute atomic E-state index is 0. The lowest BCUT2D eigenvalue weighted by molar-refractivity contribution is -0.138. The van der Waals surface area contributed by atoms with Gasteiger partial charge in [-0.25, -0.2) is 0 Å². The highest BCUT2D eigenvalue weighted by Gasteiger charge is 2.35. The molecule has 0 heterocycles. The topological polar surface area (TPSA) is 267 Å². The Kier molecular flexibility index (Phi) is 46.6. The summed E-state index contributed by atoms with van der Waals surface area (Å²) < 4.78 is 201. The van der Waals surface area contributed by atoms with Crippen LogP contribution in [0.2, 0.25) is 0 Å². The van der Waals surface area contributed by atoms with Gasteiger partial charge in [-0.2, -0.15) is 52.7 Å². The molecule has 145 heavy (non-hydrogen) atoms. The third kappa shape index (κ3) is 42.0. The zero-order valence-corrected chi connectivity index (χ0v) is 81.5. The van der Waals surface area contributed by atoms with Gasteiger partial charge >= 0.3 is 24.7 Å². The highest BCUT2D eigenvalue weighted by molar-refractivity contribution is 5.95. The summed E-state index contributed by atoms with van der Waals surface area (Å²) >= 11 is 0. The van der Waals surface area contributed by atoms with Crippen molar-refractivity contribution in [2.75, 3.05) is 107 Å². The highest BCUT2D eigenvalue weighted by Crippen LogP contribution is 2.38. The molecule has 0 bridgehead atoms. The number of hydrogen-bond acceptors (Lipinski definition) is 20. The number of benzene rings is 12. The molecule has 0 aliphatic carbocycles. The van der Waals surface area contributed by atoms with Crippen molar-refractivity contribution in [2.45, 2.75) is 127 Å². The molecular formula is C112H122F12N4O17. The third-order valence-corrected chi connectivity index (χ3v) is 22.5. The van der Waals surface area contributed by atoms with Gasteiger partial charge in [0, 0.05) is 100 Å². The van der Waals surface area contributed by atoms with Crippen LogP contribution in [0.5, 0.6) is 46.0 Å². The summed E-state index contributed by atoms with van der Waals surface area (Å²) in [6.45, 7) is 10.0. The van der Waals surface area contributed by atoms with E-state index in [4.69, 9.17) is 37.9 Å². The molecular weight excluding hydrogens is 1900 g/mol. The molecule has 0 amide bonds. The zero-order valence-electron chi connectivity index (χ0n) is 81.5. The summed E-state index contributed by atoms with van der Waals surface area (Å²) in [7, 11) is 7.46. The van der Waals surface area contributed by atoms with Crippen LogP contribution in [0.3, 0.4) is 0 Å². The second kappa shape index (κ2) is 57.9. The minimum atomic E-state index is -4.40. The van der Waals surface area contributed by atoms with E-state index in [1.807, 2.05) is 169 Å². The van der Waals surface area contributed by atoms with E-state index in [0.717, 1.165) is 70.8 Å². The van der Waals surface area contributed by atoms with Crippen molar-refractivity contribution >= 4 is 23.1 Å². The first-order chi connectivity index (χ1) is 68.5. The number of aliphatic hydroxyl groups is 4. The van der Waals surface area contributed by atoms with Crippen molar-refractivity contribution in [1.29, 1.82) is 0 Å². The Morgan fingerprint density at radius 1 is 0.241 bits per heavy atom. The molecule has 12 aromatic rings. The van der Waals surface area contributed by atoms with Gasteiger partial charge in [0.2, 0.25) is 0 Å². The van der Waals surface area contributed by atoms with Crippen molar-refractivity contribution in [3.8, 4) is 46.0 Å². The van der Waals surface area contributed by atoms with E-state index in [1.165, 1.54) is 76.2 Å². The number of hydrogen-bond donors (Lipinski definition) is 4. The first-order valence-corrected chi connectivity index (χ1v) is 46.4. The lowest BCUT2D eigenvalue weighted by Gasteiger charge is -2.25. The van der Waals surface area contributed by atoms with Crippen LogP contribution in [-0.4, -0.2) is 200 Å². The number of halogens is 12. The summed E-state index contributed by atoms with van der Waals surface area (Å²) in [6, 6.07) is 83.5. The summed E-state index contributed by atoms with van der Waals surface area (Å²) in [4.78, 5) is 53.2. The van der Waals surface area contributed by atoms with Crippen LogP contribution < -0.4 is 37.9 Å². The van der Waals surface area contributed by atoms with E-state index in [-0.39, 0.29) is 79.5 Å². The number of ketones is 4. The van der Waals surface area contributed by atoms with E-state index in [2.05, 4.69) is 0 Å². The fourth-order valence-corrected chi connectivity index (χ4v) is 14.7. The van der Waals surface area contributed by atoms with Gasteiger partial charge in [-0.1, -0.05) is 121 Å². The molecule has 0 aliphatic rings. The quantitative estimate of drug-likeness (QED) is 0.0204. The highest BCUT2D eigenvalue weighted by atomic mass is 19.4. The molecule has 33 heteroatoms. The summed E-state index contributed by atoms with van der Waals surface area (Å²) in [5, 5.41) is 41.6. The number of aliphatic hydroxyl groups excluding tert-OH is 4. The van der Waals surface area contributed by atoms with E-state index >= 15 is 0 Å². The predicted octanol–water partition coefficient (Wildman–Crippen LogP) is 22.3. The summed E-state index contributed by atoms with van der Waals surface area (Å²) in [5.41, 5.74) is 3.09. The Morgan fingerprint density at radius 3 is 0.538 bits per heavy atom. The average molecular weight is 2020 g/mol. The van der Waals surface area contributed by atoms with Gasteiger partial charge in [-0.05, 0) is 272 Å². The van der Waals surface area contributed by atoms with E-state index in [1.54, 1.807) is 97.1 Å². The van der Waals surface area contributed by atoms with Crippen LogP contribution in [0, 0.1) is 0 Å². The molecule has 0 aromatic heterocycles. The number of nitrogens with zero attached hydrogens (tertiary/aromatic N) is 4. The molecule has 8 unspecified atom stereocenters. The molecule has 0 radical (unpaired) electrons.